The van der Waals surface area contributed by atoms with Crippen molar-refractivity contribution in [2.45, 2.75) is 53.0 Å². The first kappa shape index (κ1) is 21.7. The Bertz CT molecular complexity index is 549. The van der Waals surface area contributed by atoms with Gasteiger partial charge < -0.3 is 25.0 Å². The highest BCUT2D eigenvalue weighted by molar-refractivity contribution is 5.79. The third-order valence-electron chi connectivity index (χ3n) is 5.10. The Morgan fingerprint density at radius 3 is 2.70 bits per heavy atom. The molecule has 2 heterocycles. The SMILES string of the molecule is CCNC(=NCc1c(CC)noc1CC)NCCCN1CCCN(C)CC1. The van der Waals surface area contributed by atoms with Crippen LogP contribution in [0.5, 0.6) is 0 Å². The predicted octanol–water partition coefficient (Wildman–Crippen LogP) is 1.88. The molecule has 27 heavy (non-hydrogen) atoms. The lowest BCUT2D eigenvalue weighted by Crippen LogP contribution is -2.39. The highest BCUT2D eigenvalue weighted by Gasteiger charge is 2.13. The van der Waals surface area contributed by atoms with Gasteiger partial charge in [-0.05, 0) is 52.9 Å². The van der Waals surface area contributed by atoms with Gasteiger partial charge in [-0.15, -0.1) is 0 Å². The zero-order valence-corrected chi connectivity index (χ0v) is 17.7. The van der Waals surface area contributed by atoms with Gasteiger partial charge in [0.1, 0.15) is 5.76 Å². The van der Waals surface area contributed by atoms with Gasteiger partial charge in [-0.2, -0.15) is 0 Å². The normalized spacial score (nSPS) is 17.1. The van der Waals surface area contributed by atoms with Gasteiger partial charge in [-0.3, -0.25) is 0 Å². The Labute approximate surface area is 164 Å². The van der Waals surface area contributed by atoms with Crippen LogP contribution in [0, 0.1) is 0 Å². The van der Waals surface area contributed by atoms with Gasteiger partial charge in [0.15, 0.2) is 5.96 Å². The third kappa shape index (κ3) is 7.14. The average Bonchev–Trinajstić information content (AvgIpc) is 2.96. The summed E-state index contributed by atoms with van der Waals surface area (Å²) in [6, 6.07) is 0. The van der Waals surface area contributed by atoms with Crippen molar-refractivity contribution in [1.82, 2.24) is 25.6 Å². The Hall–Kier alpha value is -1.60. The highest BCUT2D eigenvalue weighted by Crippen LogP contribution is 2.16. The maximum atomic E-state index is 5.44. The highest BCUT2D eigenvalue weighted by atomic mass is 16.5. The van der Waals surface area contributed by atoms with E-state index >= 15 is 0 Å². The molecule has 1 aromatic heterocycles. The summed E-state index contributed by atoms with van der Waals surface area (Å²) in [6.07, 6.45) is 4.13. The van der Waals surface area contributed by atoms with Crippen LogP contribution in [-0.2, 0) is 19.4 Å². The average molecular weight is 379 g/mol. The molecular formula is C20H38N6O. The Balaban J connectivity index is 1.81. The van der Waals surface area contributed by atoms with E-state index in [9.17, 15) is 0 Å². The predicted molar refractivity (Wildman–Crippen MR) is 111 cm³/mol. The monoisotopic (exact) mass is 378 g/mol. The number of nitrogens with zero attached hydrogens (tertiary/aromatic N) is 4. The molecule has 1 aliphatic rings. The smallest absolute Gasteiger partial charge is 0.191 e. The van der Waals surface area contributed by atoms with E-state index in [1.807, 2.05) is 0 Å². The van der Waals surface area contributed by atoms with E-state index in [1.165, 1.54) is 32.6 Å². The Kier molecular flexibility index (Phi) is 9.62. The molecule has 1 aliphatic heterocycles. The lowest BCUT2D eigenvalue weighted by molar-refractivity contribution is 0.274. The summed E-state index contributed by atoms with van der Waals surface area (Å²) >= 11 is 0. The van der Waals surface area contributed by atoms with E-state index in [1.54, 1.807) is 0 Å². The second kappa shape index (κ2) is 12.0. The van der Waals surface area contributed by atoms with E-state index in [2.05, 4.69) is 53.4 Å². The topological polar surface area (TPSA) is 68.9 Å². The number of likely N-dealkylation sites (N-methyl/N-ethyl adjacent to an activating group) is 1. The third-order valence-corrected chi connectivity index (χ3v) is 5.10. The zero-order chi connectivity index (χ0) is 19.5. The van der Waals surface area contributed by atoms with Crippen LogP contribution in [-0.4, -0.2) is 73.8 Å². The second-order valence-corrected chi connectivity index (χ2v) is 7.21. The molecule has 0 atom stereocenters. The van der Waals surface area contributed by atoms with E-state index in [0.717, 1.165) is 61.9 Å². The van der Waals surface area contributed by atoms with Crippen LogP contribution < -0.4 is 10.6 Å². The molecule has 7 nitrogen and oxygen atoms in total. The van der Waals surface area contributed by atoms with Gasteiger partial charge in [-0.25, -0.2) is 4.99 Å². The molecule has 0 unspecified atom stereocenters. The fraction of sp³-hybridized carbons (Fsp3) is 0.800. The lowest BCUT2D eigenvalue weighted by Gasteiger charge is -2.20. The van der Waals surface area contributed by atoms with Gasteiger partial charge in [0.05, 0.1) is 12.2 Å². The van der Waals surface area contributed by atoms with Crippen molar-refractivity contribution >= 4 is 5.96 Å². The molecule has 2 rings (SSSR count). The molecule has 1 saturated heterocycles. The first-order valence-corrected chi connectivity index (χ1v) is 10.6. The van der Waals surface area contributed by atoms with E-state index in [4.69, 9.17) is 9.52 Å². The molecule has 0 aliphatic carbocycles. The molecule has 0 radical (unpaired) electrons. The van der Waals surface area contributed by atoms with Crippen molar-refractivity contribution in [3.63, 3.8) is 0 Å². The minimum Gasteiger partial charge on any atom is -0.361 e. The quantitative estimate of drug-likeness (QED) is 0.388. The minimum absolute atomic E-state index is 0.615. The summed E-state index contributed by atoms with van der Waals surface area (Å²) in [5.41, 5.74) is 2.17. The van der Waals surface area contributed by atoms with Crippen LogP contribution >= 0.6 is 0 Å². The first-order valence-electron chi connectivity index (χ1n) is 10.6. The number of hydrogen-bond acceptors (Lipinski definition) is 5. The summed E-state index contributed by atoms with van der Waals surface area (Å²) in [5.74, 6) is 1.83. The van der Waals surface area contributed by atoms with Crippen molar-refractivity contribution in [1.29, 1.82) is 0 Å². The van der Waals surface area contributed by atoms with Crippen molar-refractivity contribution < 1.29 is 4.52 Å². The molecule has 154 valence electrons. The Morgan fingerprint density at radius 2 is 1.96 bits per heavy atom. The van der Waals surface area contributed by atoms with Crippen LogP contribution in [0.2, 0.25) is 0 Å². The van der Waals surface area contributed by atoms with Gasteiger partial charge in [0.25, 0.3) is 0 Å². The number of guanidine groups is 1. The molecule has 0 bridgehead atoms. The van der Waals surface area contributed by atoms with E-state index in [0.29, 0.717) is 6.54 Å². The molecule has 1 fully saturated rings. The molecule has 0 amide bonds. The second-order valence-electron chi connectivity index (χ2n) is 7.21. The molecule has 0 spiro atoms. The fourth-order valence-electron chi connectivity index (χ4n) is 3.45. The first-order chi connectivity index (χ1) is 13.2. The molecule has 0 saturated carbocycles. The van der Waals surface area contributed by atoms with Gasteiger partial charge in [0, 0.05) is 38.2 Å². The van der Waals surface area contributed by atoms with Gasteiger partial charge >= 0.3 is 0 Å². The molecule has 0 aromatic carbocycles. The summed E-state index contributed by atoms with van der Waals surface area (Å²) in [7, 11) is 2.22. The van der Waals surface area contributed by atoms with Crippen molar-refractivity contribution in [3.8, 4) is 0 Å². The maximum Gasteiger partial charge on any atom is 0.191 e. The maximum absolute atomic E-state index is 5.44. The van der Waals surface area contributed by atoms with Crippen LogP contribution in [0.15, 0.2) is 9.52 Å². The number of aryl methyl sites for hydroxylation is 2. The number of rotatable bonds is 9. The van der Waals surface area contributed by atoms with Crippen molar-refractivity contribution in [2.75, 3.05) is 52.9 Å². The largest absolute Gasteiger partial charge is 0.361 e. The van der Waals surface area contributed by atoms with E-state index < -0.39 is 0 Å². The summed E-state index contributed by atoms with van der Waals surface area (Å²) in [5, 5.41) is 11.0. The fourth-order valence-corrected chi connectivity index (χ4v) is 3.45. The molecule has 7 heteroatoms. The Morgan fingerprint density at radius 1 is 1.11 bits per heavy atom. The van der Waals surface area contributed by atoms with E-state index in [-0.39, 0.29) is 0 Å². The summed E-state index contributed by atoms with van der Waals surface area (Å²) in [4.78, 5) is 9.76. The van der Waals surface area contributed by atoms with Crippen molar-refractivity contribution in [2.24, 2.45) is 4.99 Å². The van der Waals surface area contributed by atoms with Crippen LogP contribution in [0.1, 0.15) is 50.6 Å². The standard InChI is InChI=1S/C20H38N6O/c1-5-18-17(19(6-2)27-24-18)16-23-20(21-7-3)22-10-8-12-26-13-9-11-25(4)14-15-26/h5-16H2,1-4H3,(H2,21,22,23). The minimum atomic E-state index is 0.615. The summed E-state index contributed by atoms with van der Waals surface area (Å²) < 4.78 is 5.44. The molecule has 2 N–H and O–H groups in total. The van der Waals surface area contributed by atoms with Crippen LogP contribution in [0.25, 0.3) is 0 Å². The van der Waals surface area contributed by atoms with Gasteiger partial charge in [-0.1, -0.05) is 19.0 Å². The number of aromatic nitrogens is 1. The number of hydrogen-bond donors (Lipinski definition) is 2. The molecular weight excluding hydrogens is 340 g/mol. The molecule has 1 aromatic rings. The summed E-state index contributed by atoms with van der Waals surface area (Å²) in [6.45, 7) is 14.6. The van der Waals surface area contributed by atoms with Gasteiger partial charge in [0.2, 0.25) is 0 Å². The number of nitrogens with one attached hydrogen (secondary N) is 2. The van der Waals surface area contributed by atoms with Crippen molar-refractivity contribution in [3.05, 3.63) is 17.0 Å². The zero-order valence-electron chi connectivity index (χ0n) is 17.7. The van der Waals surface area contributed by atoms with Crippen LogP contribution in [0.3, 0.4) is 0 Å². The van der Waals surface area contributed by atoms with Crippen LogP contribution in [0.4, 0.5) is 0 Å². The lowest BCUT2D eigenvalue weighted by atomic mass is 10.1. The number of aliphatic imine (C=N–C) groups is 1.